The zero-order valence-corrected chi connectivity index (χ0v) is 63.2. The number of phosphoric acid groups is 1. The van der Waals surface area contributed by atoms with Gasteiger partial charge in [0.15, 0.2) is 6.10 Å². The summed E-state index contributed by atoms with van der Waals surface area (Å²) in [6.07, 6.45) is 102. The molecular weight excluding hydrogens is 1170 g/mol. The fourth-order valence-corrected chi connectivity index (χ4v) is 13.7. The summed E-state index contributed by atoms with van der Waals surface area (Å²) >= 11 is 0. The maximum absolute atomic E-state index is 12.8. The van der Waals surface area contributed by atoms with Crippen molar-refractivity contribution in [1.29, 1.82) is 0 Å². The second-order valence-electron chi connectivity index (χ2n) is 28.4. The molecular formula is C83H160NO8P. The quantitative estimate of drug-likeness (QED) is 0.0264. The van der Waals surface area contributed by atoms with Crippen molar-refractivity contribution in [3.63, 3.8) is 0 Å². The fourth-order valence-electron chi connectivity index (χ4n) is 12.9. The Labute approximate surface area is 579 Å². The van der Waals surface area contributed by atoms with Crippen LogP contribution >= 0.6 is 7.82 Å². The van der Waals surface area contributed by atoms with Crippen LogP contribution < -0.4 is 5.73 Å². The monoisotopic (exact) mass is 1330 g/mol. The number of nitrogens with two attached hydrogens (primary N) is 1. The fraction of sp³-hybridized carbons (Fsp3) is 0.904. The number of rotatable bonds is 80. The number of hydrogen-bond donors (Lipinski definition) is 2. The summed E-state index contributed by atoms with van der Waals surface area (Å²) in [5, 5.41) is 0. The van der Waals surface area contributed by atoms with E-state index in [0.29, 0.717) is 6.42 Å². The lowest BCUT2D eigenvalue weighted by Crippen LogP contribution is -2.29. The van der Waals surface area contributed by atoms with E-state index in [4.69, 9.17) is 24.3 Å². The third kappa shape index (κ3) is 79.1. The standard InChI is InChI=1S/C83H160NO8P/c1-3-5-7-9-11-13-15-17-19-21-23-25-27-29-31-33-35-37-38-39-40-41-42-44-46-48-50-52-54-56-58-60-62-64-66-68-70-72-74-76-83(86)92-81(80-91-93(87,88)90-78-77-84)79-89-82(85)75-73-71-69-67-65-63-61-59-57-55-53-51-49-47-45-43-36-34-32-30-28-26-24-22-20-18-16-14-12-10-8-6-4-2/h15,17,21,23,27,29,81H,3-14,16,18-20,22,24-26,28,30-80,84H2,1-2H3,(H,87,88)/b17-15-,23-21-,29-27-. The van der Waals surface area contributed by atoms with Crippen molar-refractivity contribution >= 4 is 19.8 Å². The first-order valence-corrected chi connectivity index (χ1v) is 43.0. The Morgan fingerprint density at radius 1 is 0.323 bits per heavy atom. The summed E-state index contributed by atoms with van der Waals surface area (Å²) in [6, 6.07) is 0. The molecule has 0 aromatic carbocycles. The minimum atomic E-state index is -4.39. The average molecular weight is 1330 g/mol. The molecule has 2 atom stereocenters. The maximum Gasteiger partial charge on any atom is 0.472 e. The van der Waals surface area contributed by atoms with Crippen LogP contribution in [0.3, 0.4) is 0 Å². The van der Waals surface area contributed by atoms with Crippen LogP contribution in [0.15, 0.2) is 36.5 Å². The minimum absolute atomic E-state index is 0.0571. The molecule has 0 bridgehead atoms. The van der Waals surface area contributed by atoms with Crippen molar-refractivity contribution < 1.29 is 37.6 Å². The number of carbonyl (C=O) groups excluding carboxylic acids is 2. The molecule has 93 heavy (non-hydrogen) atoms. The van der Waals surface area contributed by atoms with E-state index in [1.807, 2.05) is 0 Å². The Morgan fingerprint density at radius 3 is 0.828 bits per heavy atom. The Hall–Kier alpha value is -1.77. The van der Waals surface area contributed by atoms with Crippen LogP contribution in [0.2, 0.25) is 0 Å². The molecule has 0 amide bonds. The van der Waals surface area contributed by atoms with Gasteiger partial charge in [0.05, 0.1) is 13.2 Å². The highest BCUT2D eigenvalue weighted by Crippen LogP contribution is 2.43. The van der Waals surface area contributed by atoms with Gasteiger partial charge in [0, 0.05) is 19.4 Å². The Bertz CT molecular complexity index is 1620. The van der Waals surface area contributed by atoms with Crippen molar-refractivity contribution in [3.05, 3.63) is 36.5 Å². The molecule has 0 saturated carbocycles. The first-order valence-electron chi connectivity index (χ1n) is 41.5. The Kier molecular flexibility index (Phi) is 77.7. The highest BCUT2D eigenvalue weighted by atomic mass is 31.2. The van der Waals surface area contributed by atoms with Crippen LogP contribution in [0, 0.1) is 0 Å². The molecule has 0 aromatic rings. The second-order valence-corrected chi connectivity index (χ2v) is 29.8. The smallest absolute Gasteiger partial charge is 0.462 e. The van der Waals surface area contributed by atoms with Crippen molar-refractivity contribution in [2.75, 3.05) is 26.4 Å². The summed E-state index contributed by atoms with van der Waals surface area (Å²) < 4.78 is 33.3. The van der Waals surface area contributed by atoms with E-state index in [-0.39, 0.29) is 38.6 Å². The molecule has 10 heteroatoms. The molecule has 9 nitrogen and oxygen atoms in total. The predicted octanol–water partition coefficient (Wildman–Crippen LogP) is 27.8. The zero-order valence-electron chi connectivity index (χ0n) is 62.3. The molecule has 0 aliphatic carbocycles. The van der Waals surface area contributed by atoms with Gasteiger partial charge in [-0.1, -0.05) is 423 Å². The van der Waals surface area contributed by atoms with Gasteiger partial charge in [-0.2, -0.15) is 0 Å². The summed E-state index contributed by atoms with van der Waals surface area (Å²) in [7, 11) is -4.39. The zero-order chi connectivity index (χ0) is 67.2. The molecule has 0 rings (SSSR count). The van der Waals surface area contributed by atoms with E-state index < -0.39 is 26.5 Å². The third-order valence-corrected chi connectivity index (χ3v) is 20.0. The van der Waals surface area contributed by atoms with E-state index in [1.54, 1.807) is 0 Å². The van der Waals surface area contributed by atoms with Crippen molar-refractivity contribution in [1.82, 2.24) is 0 Å². The summed E-state index contributed by atoms with van der Waals surface area (Å²) in [5.41, 5.74) is 5.42. The molecule has 3 N–H and O–H groups in total. The SMILES string of the molecule is CCCCCCC/C=C\C/C=C\C/C=C\CCCCCCCCCCCCCCCCCCCCCCCCCCC(=O)OC(COC(=O)CCCCCCCCCCCCCCCCCCCCCCCCCCCCCCCCCCC)COP(=O)(O)OCCN. The van der Waals surface area contributed by atoms with Gasteiger partial charge in [-0.25, -0.2) is 4.57 Å². The number of phosphoric ester groups is 1. The van der Waals surface area contributed by atoms with Gasteiger partial charge >= 0.3 is 19.8 Å². The van der Waals surface area contributed by atoms with Crippen molar-refractivity contribution in [3.8, 4) is 0 Å². The third-order valence-electron chi connectivity index (χ3n) is 19.0. The highest BCUT2D eigenvalue weighted by Gasteiger charge is 2.26. The first-order chi connectivity index (χ1) is 45.8. The van der Waals surface area contributed by atoms with Crippen LogP contribution in [-0.2, 0) is 32.7 Å². The number of allylic oxidation sites excluding steroid dienone is 6. The minimum Gasteiger partial charge on any atom is -0.462 e. The molecule has 0 heterocycles. The maximum atomic E-state index is 12.8. The highest BCUT2D eigenvalue weighted by molar-refractivity contribution is 7.47. The lowest BCUT2D eigenvalue weighted by Gasteiger charge is -2.19. The largest absolute Gasteiger partial charge is 0.472 e. The topological polar surface area (TPSA) is 134 Å². The molecule has 0 radical (unpaired) electrons. The number of ether oxygens (including phenoxy) is 2. The normalized spacial score (nSPS) is 12.9. The number of hydrogen-bond acceptors (Lipinski definition) is 8. The van der Waals surface area contributed by atoms with E-state index in [1.165, 1.54) is 372 Å². The van der Waals surface area contributed by atoms with Crippen LogP contribution in [-0.4, -0.2) is 49.3 Å². The van der Waals surface area contributed by atoms with Gasteiger partial charge in [0.1, 0.15) is 6.61 Å². The number of unbranched alkanes of at least 4 members (excludes halogenated alkanes) is 61. The lowest BCUT2D eigenvalue weighted by molar-refractivity contribution is -0.161. The van der Waals surface area contributed by atoms with E-state index in [2.05, 4.69) is 50.3 Å². The molecule has 2 unspecified atom stereocenters. The van der Waals surface area contributed by atoms with Gasteiger partial charge in [-0.05, 0) is 51.4 Å². The van der Waals surface area contributed by atoms with Gasteiger partial charge in [-0.15, -0.1) is 0 Å². The number of esters is 2. The van der Waals surface area contributed by atoms with E-state index in [9.17, 15) is 19.0 Å². The van der Waals surface area contributed by atoms with Gasteiger partial charge in [-0.3, -0.25) is 18.6 Å². The summed E-state index contributed by atoms with van der Waals surface area (Å²) in [5.74, 6) is -0.798. The van der Waals surface area contributed by atoms with Crippen LogP contribution in [0.25, 0.3) is 0 Å². The lowest BCUT2D eigenvalue weighted by atomic mass is 10.0. The van der Waals surface area contributed by atoms with Crippen molar-refractivity contribution in [2.45, 2.75) is 457 Å². The second kappa shape index (κ2) is 79.2. The predicted molar refractivity (Wildman–Crippen MR) is 404 cm³/mol. The van der Waals surface area contributed by atoms with Gasteiger partial charge in [0.25, 0.3) is 0 Å². The van der Waals surface area contributed by atoms with Crippen LogP contribution in [0.4, 0.5) is 0 Å². The molecule has 550 valence electrons. The first kappa shape index (κ1) is 91.2. The van der Waals surface area contributed by atoms with Gasteiger partial charge < -0.3 is 20.1 Å². The summed E-state index contributed by atoms with van der Waals surface area (Å²) in [4.78, 5) is 35.5. The summed E-state index contributed by atoms with van der Waals surface area (Å²) in [6.45, 7) is 3.83. The number of carbonyl (C=O) groups is 2. The molecule has 0 saturated heterocycles. The van der Waals surface area contributed by atoms with Gasteiger partial charge in [0.2, 0.25) is 0 Å². The van der Waals surface area contributed by atoms with Crippen LogP contribution in [0.5, 0.6) is 0 Å². The molecule has 0 spiro atoms. The average Bonchev–Trinajstić information content (AvgIpc) is 3.60. The molecule has 0 aliphatic rings. The Morgan fingerprint density at radius 2 is 0.559 bits per heavy atom. The van der Waals surface area contributed by atoms with Crippen molar-refractivity contribution in [2.24, 2.45) is 5.73 Å². The molecule has 0 fully saturated rings. The molecule has 0 aliphatic heterocycles. The molecule has 0 aromatic heterocycles. The Balaban J connectivity index is 3.73. The van der Waals surface area contributed by atoms with E-state index >= 15 is 0 Å². The van der Waals surface area contributed by atoms with Crippen LogP contribution in [0.1, 0.15) is 450 Å². The van der Waals surface area contributed by atoms with E-state index in [0.717, 1.165) is 44.9 Å².